The molecule has 0 spiro atoms. The van der Waals surface area contributed by atoms with Crippen LogP contribution in [0.3, 0.4) is 0 Å². The molecule has 2 N–H and O–H groups in total. The van der Waals surface area contributed by atoms with E-state index in [-0.39, 0.29) is 12.1 Å². The van der Waals surface area contributed by atoms with E-state index in [4.69, 9.17) is 0 Å². The summed E-state index contributed by atoms with van der Waals surface area (Å²) in [4.78, 5) is 19.9. The van der Waals surface area contributed by atoms with Gasteiger partial charge in [-0.25, -0.2) is 14.5 Å². The zero-order valence-corrected chi connectivity index (χ0v) is 13.3. The fraction of sp³-hybridized carbons (Fsp3) is 0.176. The number of urea groups is 1. The normalized spacial score (nSPS) is 11.7. The molecule has 3 aromatic rings. The molecule has 3 rings (SSSR count). The van der Waals surface area contributed by atoms with Gasteiger partial charge in [-0.1, -0.05) is 18.2 Å². The Hall–Kier alpha value is -3.22. The smallest absolute Gasteiger partial charge is 0.315 e. The molecule has 0 aliphatic rings. The maximum absolute atomic E-state index is 12.0. The van der Waals surface area contributed by atoms with Gasteiger partial charge in [-0.2, -0.15) is 5.10 Å². The third-order valence-corrected chi connectivity index (χ3v) is 3.60. The van der Waals surface area contributed by atoms with E-state index in [0.29, 0.717) is 6.54 Å². The number of nitrogens with zero attached hydrogens (tertiary/aromatic N) is 4. The van der Waals surface area contributed by atoms with Gasteiger partial charge in [0.2, 0.25) is 0 Å². The Kier molecular flexibility index (Phi) is 4.81. The van der Waals surface area contributed by atoms with Crippen molar-refractivity contribution in [1.29, 1.82) is 0 Å². The quantitative estimate of drug-likeness (QED) is 0.754. The van der Waals surface area contributed by atoms with Crippen molar-refractivity contribution in [2.45, 2.75) is 19.5 Å². The second-order valence-corrected chi connectivity index (χ2v) is 5.34. The van der Waals surface area contributed by atoms with Crippen LogP contribution in [0, 0.1) is 0 Å². The van der Waals surface area contributed by atoms with Gasteiger partial charge in [0.1, 0.15) is 12.7 Å². The molecular weight excluding hydrogens is 304 g/mol. The Labute approximate surface area is 139 Å². The predicted octanol–water partition coefficient (Wildman–Crippen LogP) is 2.22. The van der Waals surface area contributed by atoms with E-state index in [1.54, 1.807) is 23.4 Å². The van der Waals surface area contributed by atoms with E-state index < -0.39 is 0 Å². The van der Waals surface area contributed by atoms with Crippen molar-refractivity contribution in [3.63, 3.8) is 0 Å². The molecule has 2 heterocycles. The van der Waals surface area contributed by atoms with E-state index in [1.165, 1.54) is 6.33 Å². The highest BCUT2D eigenvalue weighted by Gasteiger charge is 2.09. The summed E-state index contributed by atoms with van der Waals surface area (Å²) >= 11 is 0. The number of benzene rings is 1. The van der Waals surface area contributed by atoms with Crippen LogP contribution in [0.5, 0.6) is 0 Å². The van der Waals surface area contributed by atoms with Crippen molar-refractivity contribution in [3.05, 3.63) is 72.6 Å². The molecule has 1 atom stereocenters. The minimum Gasteiger partial charge on any atom is -0.334 e. The first kappa shape index (κ1) is 15.7. The number of hydrogen-bond donors (Lipinski definition) is 2. The lowest BCUT2D eigenvalue weighted by Gasteiger charge is -2.15. The Morgan fingerprint density at radius 2 is 2.04 bits per heavy atom. The van der Waals surface area contributed by atoms with E-state index in [9.17, 15) is 4.79 Å². The van der Waals surface area contributed by atoms with Gasteiger partial charge in [0.25, 0.3) is 0 Å². The van der Waals surface area contributed by atoms with Gasteiger partial charge in [0.15, 0.2) is 0 Å². The van der Waals surface area contributed by atoms with Crippen LogP contribution in [-0.2, 0) is 6.54 Å². The van der Waals surface area contributed by atoms with Gasteiger partial charge in [-0.3, -0.25) is 4.98 Å². The lowest BCUT2D eigenvalue weighted by atomic mass is 10.1. The molecule has 0 radical (unpaired) electrons. The molecule has 0 fully saturated rings. The SMILES string of the molecule is CC(NC(=O)NCc1cccnc1)c1ccc(-n2cncn2)cc1. The van der Waals surface area contributed by atoms with Crippen molar-refractivity contribution in [2.75, 3.05) is 0 Å². The van der Waals surface area contributed by atoms with Crippen LogP contribution in [0.1, 0.15) is 24.1 Å². The number of aromatic nitrogens is 4. The minimum atomic E-state index is -0.216. The maximum Gasteiger partial charge on any atom is 0.315 e. The van der Waals surface area contributed by atoms with Gasteiger partial charge < -0.3 is 10.6 Å². The summed E-state index contributed by atoms with van der Waals surface area (Å²) in [6.07, 6.45) is 6.56. The number of pyridine rings is 1. The van der Waals surface area contributed by atoms with Crippen LogP contribution in [0.15, 0.2) is 61.4 Å². The third-order valence-electron chi connectivity index (χ3n) is 3.60. The zero-order valence-electron chi connectivity index (χ0n) is 13.3. The summed E-state index contributed by atoms with van der Waals surface area (Å²) in [6.45, 7) is 2.38. The summed E-state index contributed by atoms with van der Waals surface area (Å²) in [5.41, 5.74) is 2.89. The molecule has 0 saturated carbocycles. The number of hydrogen-bond acceptors (Lipinski definition) is 4. The first-order valence-corrected chi connectivity index (χ1v) is 7.60. The third kappa shape index (κ3) is 3.95. The topological polar surface area (TPSA) is 84.7 Å². The van der Waals surface area contributed by atoms with E-state index in [2.05, 4.69) is 25.7 Å². The summed E-state index contributed by atoms with van der Waals surface area (Å²) in [7, 11) is 0. The van der Waals surface area contributed by atoms with Crippen molar-refractivity contribution >= 4 is 6.03 Å². The largest absolute Gasteiger partial charge is 0.334 e. The Balaban J connectivity index is 1.54. The summed E-state index contributed by atoms with van der Waals surface area (Å²) in [5, 5.41) is 9.82. The van der Waals surface area contributed by atoms with Gasteiger partial charge in [-0.05, 0) is 36.2 Å². The molecule has 2 amide bonds. The second kappa shape index (κ2) is 7.36. The molecule has 7 nitrogen and oxygen atoms in total. The van der Waals surface area contributed by atoms with Crippen LogP contribution < -0.4 is 10.6 Å². The van der Waals surface area contributed by atoms with Crippen LogP contribution in [0.4, 0.5) is 4.79 Å². The Bertz CT molecular complexity index is 771. The Morgan fingerprint density at radius 3 is 2.71 bits per heavy atom. The first-order valence-electron chi connectivity index (χ1n) is 7.60. The molecule has 0 aliphatic carbocycles. The molecular formula is C17H18N6O. The van der Waals surface area contributed by atoms with Crippen molar-refractivity contribution < 1.29 is 4.79 Å². The highest BCUT2D eigenvalue weighted by molar-refractivity contribution is 5.74. The lowest BCUT2D eigenvalue weighted by Crippen LogP contribution is -2.36. The summed E-state index contributed by atoms with van der Waals surface area (Å²) in [6, 6.07) is 11.2. The van der Waals surface area contributed by atoms with E-state index in [0.717, 1.165) is 16.8 Å². The van der Waals surface area contributed by atoms with E-state index >= 15 is 0 Å². The fourth-order valence-electron chi connectivity index (χ4n) is 2.27. The number of carbonyl (C=O) groups excluding carboxylic acids is 1. The predicted molar refractivity (Wildman–Crippen MR) is 89.4 cm³/mol. The summed E-state index contributed by atoms with van der Waals surface area (Å²) < 4.78 is 1.68. The van der Waals surface area contributed by atoms with Gasteiger partial charge in [0, 0.05) is 18.9 Å². The number of amides is 2. The highest BCUT2D eigenvalue weighted by atomic mass is 16.2. The molecule has 0 saturated heterocycles. The average Bonchev–Trinajstić information content (AvgIpc) is 3.16. The van der Waals surface area contributed by atoms with Crippen molar-refractivity contribution in [2.24, 2.45) is 0 Å². The lowest BCUT2D eigenvalue weighted by molar-refractivity contribution is 0.237. The van der Waals surface area contributed by atoms with Crippen LogP contribution >= 0.6 is 0 Å². The average molecular weight is 322 g/mol. The molecule has 1 unspecified atom stereocenters. The Morgan fingerprint density at radius 1 is 1.21 bits per heavy atom. The molecule has 7 heteroatoms. The minimum absolute atomic E-state index is 0.108. The summed E-state index contributed by atoms with van der Waals surface area (Å²) in [5.74, 6) is 0. The van der Waals surface area contributed by atoms with Crippen LogP contribution in [0.25, 0.3) is 5.69 Å². The van der Waals surface area contributed by atoms with Crippen LogP contribution in [0.2, 0.25) is 0 Å². The van der Waals surface area contributed by atoms with Gasteiger partial charge in [0.05, 0.1) is 11.7 Å². The molecule has 0 bridgehead atoms. The molecule has 0 aliphatic heterocycles. The monoisotopic (exact) mass is 322 g/mol. The first-order chi connectivity index (χ1) is 11.7. The molecule has 122 valence electrons. The maximum atomic E-state index is 12.0. The number of nitrogens with one attached hydrogen (secondary N) is 2. The van der Waals surface area contributed by atoms with Gasteiger partial charge in [-0.15, -0.1) is 0 Å². The van der Waals surface area contributed by atoms with Crippen molar-refractivity contribution in [1.82, 2.24) is 30.4 Å². The van der Waals surface area contributed by atoms with Crippen LogP contribution in [-0.4, -0.2) is 25.8 Å². The number of carbonyl (C=O) groups is 1. The highest BCUT2D eigenvalue weighted by Crippen LogP contribution is 2.15. The molecule has 1 aromatic carbocycles. The number of rotatable bonds is 5. The molecule has 2 aromatic heterocycles. The van der Waals surface area contributed by atoms with Gasteiger partial charge >= 0.3 is 6.03 Å². The van der Waals surface area contributed by atoms with E-state index in [1.807, 2.05) is 43.3 Å². The fourth-order valence-corrected chi connectivity index (χ4v) is 2.27. The second-order valence-electron chi connectivity index (χ2n) is 5.34. The van der Waals surface area contributed by atoms with Crippen molar-refractivity contribution in [3.8, 4) is 5.69 Å². The standard InChI is InChI=1S/C17H18N6O/c1-13(22-17(24)20-10-14-3-2-8-18-9-14)15-4-6-16(7-5-15)23-12-19-11-21-23/h2-9,11-13H,10H2,1H3,(H2,20,22,24). The molecule has 24 heavy (non-hydrogen) atoms. The zero-order chi connectivity index (χ0) is 16.8.